The molecule has 168 valence electrons. The zero-order valence-electron chi connectivity index (χ0n) is 18.8. The van der Waals surface area contributed by atoms with Gasteiger partial charge in [0.15, 0.2) is 0 Å². The predicted molar refractivity (Wildman–Crippen MR) is 123 cm³/mol. The minimum absolute atomic E-state index is 0.00664. The summed E-state index contributed by atoms with van der Waals surface area (Å²) in [6, 6.07) is 4.73. The first kappa shape index (κ1) is 22.0. The molecule has 4 rings (SSSR count). The van der Waals surface area contributed by atoms with Crippen molar-refractivity contribution in [3.63, 3.8) is 0 Å². The summed E-state index contributed by atoms with van der Waals surface area (Å²) in [5.41, 5.74) is 1.93. The molecule has 0 aromatic carbocycles. The van der Waals surface area contributed by atoms with Crippen LogP contribution in [0.2, 0.25) is 0 Å². The molecule has 1 saturated heterocycles. The van der Waals surface area contributed by atoms with Crippen LogP contribution < -0.4 is 10.6 Å². The van der Waals surface area contributed by atoms with Gasteiger partial charge >= 0.3 is 0 Å². The predicted octanol–water partition coefficient (Wildman–Crippen LogP) is 2.73. The Morgan fingerprint density at radius 3 is 2.68 bits per heavy atom. The Bertz CT molecular complexity index is 904. The molecule has 2 aliphatic rings. The molecule has 1 atom stereocenters. The molecule has 7 heteroatoms. The van der Waals surface area contributed by atoms with Gasteiger partial charge in [-0.3, -0.25) is 14.7 Å². The van der Waals surface area contributed by atoms with E-state index in [9.17, 15) is 9.90 Å². The van der Waals surface area contributed by atoms with Crippen LogP contribution in [0.5, 0.6) is 0 Å². The number of fused-ring (bicyclic) bond motifs is 1. The first-order chi connectivity index (χ1) is 14.9. The zero-order chi connectivity index (χ0) is 22.0. The van der Waals surface area contributed by atoms with Crippen molar-refractivity contribution >= 4 is 22.6 Å². The van der Waals surface area contributed by atoms with Crippen LogP contribution in [0.4, 0.5) is 5.82 Å². The third-order valence-electron chi connectivity index (χ3n) is 6.86. The molecule has 7 nitrogen and oxygen atoms in total. The average molecular weight is 426 g/mol. The first-order valence-electron chi connectivity index (χ1n) is 11.6. The van der Waals surface area contributed by atoms with Crippen LogP contribution in [0.3, 0.4) is 0 Å². The maximum atomic E-state index is 12.4. The fourth-order valence-corrected chi connectivity index (χ4v) is 4.99. The van der Waals surface area contributed by atoms with Crippen molar-refractivity contribution in [1.29, 1.82) is 0 Å². The average Bonchev–Trinajstić information content (AvgIpc) is 2.74. The molecule has 3 N–H and O–H groups in total. The largest absolute Gasteiger partial charge is 0.393 e. The Labute approximate surface area is 184 Å². The highest BCUT2D eigenvalue weighted by Crippen LogP contribution is 2.33. The fraction of sp³-hybridized carbons (Fsp3) is 0.625. The molecule has 1 unspecified atom stereocenters. The van der Waals surface area contributed by atoms with Crippen molar-refractivity contribution in [3.05, 3.63) is 30.1 Å². The van der Waals surface area contributed by atoms with Gasteiger partial charge in [0, 0.05) is 36.9 Å². The highest BCUT2D eigenvalue weighted by molar-refractivity contribution is 5.91. The van der Waals surface area contributed by atoms with Crippen LogP contribution >= 0.6 is 0 Å². The standard InChI is InChI=1S/C24H35N5O2/c1-15(2)23(31)17-4-6-19(7-5-17)29-13-18(14-29)28-22(30)12-27-24-20-10-16(3)11-26-21(20)8-9-25-24/h8-11,15,17-19,23,31H,4-7,12-14H2,1-3H3,(H,25,27)(H,28,30)/t17-,19+,23?. The number of anilines is 1. The zero-order valence-corrected chi connectivity index (χ0v) is 18.8. The number of pyridine rings is 2. The van der Waals surface area contributed by atoms with Gasteiger partial charge in [0.1, 0.15) is 5.82 Å². The van der Waals surface area contributed by atoms with Gasteiger partial charge in [-0.05, 0) is 62.1 Å². The molecule has 31 heavy (non-hydrogen) atoms. The molecule has 0 radical (unpaired) electrons. The molecule has 3 heterocycles. The SMILES string of the molecule is Cc1cnc2ccnc(NCC(=O)NC3CN([C@H]4CC[C@@H](C(O)C(C)C)CC4)C3)c2c1. The number of aryl methyl sites for hydroxylation is 1. The highest BCUT2D eigenvalue weighted by atomic mass is 16.3. The van der Waals surface area contributed by atoms with Crippen LogP contribution in [-0.4, -0.2) is 63.7 Å². The summed E-state index contributed by atoms with van der Waals surface area (Å²) < 4.78 is 0. The first-order valence-corrected chi connectivity index (χ1v) is 11.6. The van der Waals surface area contributed by atoms with Gasteiger partial charge in [0.25, 0.3) is 0 Å². The second-order valence-electron chi connectivity index (χ2n) is 9.61. The summed E-state index contributed by atoms with van der Waals surface area (Å²) in [6.07, 6.45) is 7.88. The van der Waals surface area contributed by atoms with Crippen molar-refractivity contribution in [2.45, 2.75) is 64.6 Å². The van der Waals surface area contributed by atoms with Gasteiger partial charge in [-0.25, -0.2) is 4.98 Å². The van der Waals surface area contributed by atoms with E-state index < -0.39 is 0 Å². The van der Waals surface area contributed by atoms with E-state index in [4.69, 9.17) is 0 Å². The lowest BCUT2D eigenvalue weighted by molar-refractivity contribution is -0.121. The molecule has 1 aliphatic carbocycles. The summed E-state index contributed by atoms with van der Waals surface area (Å²) in [4.78, 5) is 23.7. The molecule has 1 aliphatic heterocycles. The van der Waals surface area contributed by atoms with Gasteiger partial charge < -0.3 is 15.7 Å². The van der Waals surface area contributed by atoms with E-state index in [1.165, 1.54) is 0 Å². The van der Waals surface area contributed by atoms with E-state index >= 15 is 0 Å². The Balaban J connectivity index is 1.20. The number of rotatable bonds is 7. The third kappa shape index (κ3) is 5.15. The lowest BCUT2D eigenvalue weighted by Crippen LogP contribution is -2.63. The van der Waals surface area contributed by atoms with E-state index in [0.717, 1.165) is 55.2 Å². The number of carbonyl (C=O) groups is 1. The number of nitrogens with zero attached hydrogens (tertiary/aromatic N) is 3. The second kappa shape index (κ2) is 9.49. The fourth-order valence-electron chi connectivity index (χ4n) is 4.99. The number of amides is 1. The Hall–Kier alpha value is -2.25. The topological polar surface area (TPSA) is 90.4 Å². The quantitative estimate of drug-likeness (QED) is 0.632. The number of aliphatic hydroxyl groups excluding tert-OH is 1. The van der Waals surface area contributed by atoms with Crippen LogP contribution in [0.1, 0.15) is 45.1 Å². The molecule has 2 fully saturated rings. The summed E-state index contributed by atoms with van der Waals surface area (Å²) in [5.74, 6) is 1.47. The summed E-state index contributed by atoms with van der Waals surface area (Å²) in [7, 11) is 0. The Morgan fingerprint density at radius 2 is 1.97 bits per heavy atom. The van der Waals surface area contributed by atoms with Crippen molar-refractivity contribution in [1.82, 2.24) is 20.2 Å². The van der Waals surface area contributed by atoms with E-state index in [2.05, 4.69) is 39.3 Å². The molecule has 2 aromatic rings. The van der Waals surface area contributed by atoms with Crippen molar-refractivity contribution < 1.29 is 9.90 Å². The minimum atomic E-state index is -0.173. The normalized spacial score (nSPS) is 23.5. The maximum absolute atomic E-state index is 12.4. The lowest BCUT2D eigenvalue weighted by atomic mass is 9.78. The smallest absolute Gasteiger partial charge is 0.239 e. The number of aliphatic hydroxyl groups is 1. The third-order valence-corrected chi connectivity index (χ3v) is 6.86. The molecule has 2 aromatic heterocycles. The maximum Gasteiger partial charge on any atom is 0.239 e. The number of likely N-dealkylation sites (tertiary alicyclic amines) is 1. The molecular weight excluding hydrogens is 390 g/mol. The Morgan fingerprint density at radius 1 is 1.23 bits per heavy atom. The van der Waals surface area contributed by atoms with Crippen LogP contribution in [0.25, 0.3) is 10.9 Å². The highest BCUT2D eigenvalue weighted by Gasteiger charge is 2.36. The minimum Gasteiger partial charge on any atom is -0.393 e. The van der Waals surface area contributed by atoms with Gasteiger partial charge in [-0.2, -0.15) is 0 Å². The lowest BCUT2D eigenvalue weighted by Gasteiger charge is -2.47. The number of hydrogen-bond acceptors (Lipinski definition) is 6. The number of aromatic nitrogens is 2. The number of nitrogens with one attached hydrogen (secondary N) is 2. The van der Waals surface area contributed by atoms with E-state index in [0.29, 0.717) is 23.7 Å². The monoisotopic (exact) mass is 425 g/mol. The summed E-state index contributed by atoms with van der Waals surface area (Å²) >= 11 is 0. The van der Waals surface area contributed by atoms with Gasteiger partial charge in [0.2, 0.25) is 5.91 Å². The van der Waals surface area contributed by atoms with Gasteiger partial charge in [0.05, 0.1) is 24.2 Å². The van der Waals surface area contributed by atoms with Crippen LogP contribution in [0, 0.1) is 18.8 Å². The molecule has 1 amide bonds. The number of hydrogen-bond donors (Lipinski definition) is 3. The second-order valence-corrected chi connectivity index (χ2v) is 9.61. The molecule has 1 saturated carbocycles. The summed E-state index contributed by atoms with van der Waals surface area (Å²) in [6.45, 7) is 8.24. The van der Waals surface area contributed by atoms with E-state index in [1.807, 2.05) is 25.3 Å². The van der Waals surface area contributed by atoms with E-state index in [-0.39, 0.29) is 24.6 Å². The molecule has 0 spiro atoms. The van der Waals surface area contributed by atoms with Crippen LogP contribution in [-0.2, 0) is 4.79 Å². The Kier molecular flexibility index (Phi) is 6.72. The van der Waals surface area contributed by atoms with Gasteiger partial charge in [-0.15, -0.1) is 0 Å². The van der Waals surface area contributed by atoms with Crippen LogP contribution in [0.15, 0.2) is 24.5 Å². The molecule has 0 bridgehead atoms. The van der Waals surface area contributed by atoms with E-state index in [1.54, 1.807) is 6.20 Å². The van der Waals surface area contributed by atoms with Crippen molar-refractivity contribution in [3.8, 4) is 0 Å². The number of carbonyl (C=O) groups excluding carboxylic acids is 1. The van der Waals surface area contributed by atoms with Crippen molar-refractivity contribution in [2.75, 3.05) is 25.0 Å². The molecular formula is C24H35N5O2. The van der Waals surface area contributed by atoms with Gasteiger partial charge in [-0.1, -0.05) is 13.8 Å². The summed E-state index contributed by atoms with van der Waals surface area (Å²) in [5, 5.41) is 17.5. The van der Waals surface area contributed by atoms with Crippen molar-refractivity contribution in [2.24, 2.45) is 11.8 Å².